The van der Waals surface area contributed by atoms with Crippen molar-refractivity contribution in [2.24, 2.45) is 0 Å². The Morgan fingerprint density at radius 2 is 1.83 bits per heavy atom. The highest BCUT2D eigenvalue weighted by molar-refractivity contribution is 8.00. The Bertz CT molecular complexity index is 1050. The van der Waals surface area contributed by atoms with Crippen LogP contribution in [0.25, 0.3) is 0 Å². The predicted octanol–water partition coefficient (Wildman–Crippen LogP) is 4.28. The van der Waals surface area contributed by atoms with Crippen LogP contribution in [0.2, 0.25) is 0 Å². The highest BCUT2D eigenvalue weighted by atomic mass is 32.2. The first-order valence-electron chi connectivity index (χ1n) is 9.06. The molecular weight excluding hydrogens is 407 g/mol. The van der Waals surface area contributed by atoms with E-state index < -0.39 is 5.82 Å². The molecular formula is C22H19FN2O4S. The molecule has 0 atom stereocenters. The van der Waals surface area contributed by atoms with Crippen LogP contribution in [0.5, 0.6) is 0 Å². The Labute approximate surface area is 176 Å². The maximum atomic E-state index is 14.0. The first-order valence-corrected chi connectivity index (χ1v) is 10.0. The summed E-state index contributed by atoms with van der Waals surface area (Å²) in [4.78, 5) is 35.5. The van der Waals surface area contributed by atoms with E-state index in [4.69, 9.17) is 4.42 Å². The zero-order chi connectivity index (χ0) is 21.5. The number of furan rings is 1. The first kappa shape index (κ1) is 21.3. The van der Waals surface area contributed by atoms with Crippen molar-refractivity contribution in [1.82, 2.24) is 5.32 Å². The van der Waals surface area contributed by atoms with Crippen LogP contribution in [0.4, 0.5) is 10.1 Å². The fraction of sp³-hybridized carbons (Fsp3) is 0.136. The van der Waals surface area contributed by atoms with Crippen molar-refractivity contribution in [2.75, 3.05) is 11.1 Å². The molecule has 0 aliphatic heterocycles. The molecule has 0 radical (unpaired) electrons. The molecule has 154 valence electrons. The molecule has 0 aliphatic rings. The fourth-order valence-corrected chi connectivity index (χ4v) is 3.29. The molecule has 0 spiro atoms. The van der Waals surface area contributed by atoms with E-state index in [1.54, 1.807) is 36.4 Å². The van der Waals surface area contributed by atoms with Gasteiger partial charge in [-0.3, -0.25) is 14.4 Å². The van der Waals surface area contributed by atoms with Gasteiger partial charge in [-0.1, -0.05) is 18.2 Å². The van der Waals surface area contributed by atoms with Crippen LogP contribution >= 0.6 is 11.8 Å². The Morgan fingerprint density at radius 1 is 1.07 bits per heavy atom. The monoisotopic (exact) mass is 426 g/mol. The van der Waals surface area contributed by atoms with E-state index in [1.165, 1.54) is 31.4 Å². The van der Waals surface area contributed by atoms with Gasteiger partial charge in [-0.2, -0.15) is 0 Å². The number of rotatable bonds is 8. The molecule has 2 aromatic carbocycles. The third-order valence-electron chi connectivity index (χ3n) is 4.14. The van der Waals surface area contributed by atoms with Gasteiger partial charge in [0.15, 0.2) is 11.5 Å². The van der Waals surface area contributed by atoms with E-state index in [1.807, 2.05) is 0 Å². The molecule has 0 unspecified atom stereocenters. The van der Waals surface area contributed by atoms with Crippen LogP contribution in [-0.4, -0.2) is 23.4 Å². The lowest BCUT2D eigenvalue weighted by atomic mass is 10.1. The van der Waals surface area contributed by atoms with Crippen molar-refractivity contribution >= 4 is 35.0 Å². The van der Waals surface area contributed by atoms with Crippen LogP contribution in [-0.2, 0) is 11.3 Å². The highest BCUT2D eigenvalue weighted by Gasteiger charge is 2.10. The largest absolute Gasteiger partial charge is 0.459 e. The average molecular weight is 426 g/mol. The van der Waals surface area contributed by atoms with Gasteiger partial charge in [0.05, 0.1) is 12.0 Å². The lowest BCUT2D eigenvalue weighted by Gasteiger charge is -2.08. The van der Waals surface area contributed by atoms with Crippen molar-refractivity contribution < 1.29 is 23.2 Å². The van der Waals surface area contributed by atoms with Gasteiger partial charge in [-0.05, 0) is 48.9 Å². The Balaban J connectivity index is 1.45. The number of anilines is 1. The minimum Gasteiger partial charge on any atom is -0.459 e. The standard InChI is InChI=1S/C22H19FN2O4S/c1-14(26)16-6-9-20(18(23)11-16)30-13-21(27)24-12-15-4-7-17(8-5-15)25-22(28)19-3-2-10-29-19/h2-11H,12-13H2,1H3,(H,24,27)(H,25,28). The second-order valence-electron chi connectivity index (χ2n) is 6.40. The molecule has 0 bridgehead atoms. The summed E-state index contributed by atoms with van der Waals surface area (Å²) in [5, 5.41) is 5.47. The summed E-state index contributed by atoms with van der Waals surface area (Å²) in [7, 11) is 0. The number of benzene rings is 2. The van der Waals surface area contributed by atoms with Crippen molar-refractivity contribution in [3.63, 3.8) is 0 Å². The molecule has 1 heterocycles. The van der Waals surface area contributed by atoms with Crippen LogP contribution in [0.1, 0.15) is 33.4 Å². The van der Waals surface area contributed by atoms with Crippen molar-refractivity contribution in [2.45, 2.75) is 18.4 Å². The number of hydrogen-bond acceptors (Lipinski definition) is 5. The molecule has 8 heteroatoms. The topological polar surface area (TPSA) is 88.4 Å². The van der Waals surface area contributed by atoms with E-state index in [9.17, 15) is 18.8 Å². The average Bonchev–Trinajstić information content (AvgIpc) is 3.27. The summed E-state index contributed by atoms with van der Waals surface area (Å²) in [6.45, 7) is 1.67. The summed E-state index contributed by atoms with van der Waals surface area (Å²) >= 11 is 1.06. The van der Waals surface area contributed by atoms with Crippen LogP contribution in [0.15, 0.2) is 70.2 Å². The van der Waals surface area contributed by atoms with E-state index in [0.29, 0.717) is 22.7 Å². The van der Waals surface area contributed by atoms with Gasteiger partial charge in [-0.25, -0.2) is 4.39 Å². The second kappa shape index (κ2) is 9.89. The molecule has 30 heavy (non-hydrogen) atoms. The molecule has 1 aromatic heterocycles. The van der Waals surface area contributed by atoms with Crippen LogP contribution in [0, 0.1) is 5.82 Å². The minimum absolute atomic E-state index is 0.0492. The number of carbonyl (C=O) groups excluding carboxylic acids is 3. The smallest absolute Gasteiger partial charge is 0.291 e. The molecule has 2 amide bonds. The molecule has 6 nitrogen and oxygen atoms in total. The summed E-state index contributed by atoms with van der Waals surface area (Å²) < 4.78 is 19.0. The molecule has 0 saturated carbocycles. The lowest BCUT2D eigenvalue weighted by Crippen LogP contribution is -2.24. The second-order valence-corrected chi connectivity index (χ2v) is 7.41. The van der Waals surface area contributed by atoms with Gasteiger partial charge in [0, 0.05) is 22.7 Å². The van der Waals surface area contributed by atoms with Crippen LogP contribution in [0.3, 0.4) is 0 Å². The van der Waals surface area contributed by atoms with Crippen molar-refractivity contribution in [1.29, 1.82) is 0 Å². The third kappa shape index (κ3) is 5.81. The van der Waals surface area contributed by atoms with Crippen molar-refractivity contribution in [3.8, 4) is 0 Å². The molecule has 2 N–H and O–H groups in total. The normalized spacial score (nSPS) is 10.5. The molecule has 0 aliphatic carbocycles. The number of amides is 2. The zero-order valence-electron chi connectivity index (χ0n) is 16.1. The van der Waals surface area contributed by atoms with Gasteiger partial charge < -0.3 is 15.1 Å². The van der Waals surface area contributed by atoms with E-state index in [2.05, 4.69) is 10.6 Å². The Morgan fingerprint density at radius 3 is 2.47 bits per heavy atom. The molecule has 3 aromatic rings. The van der Waals surface area contributed by atoms with Gasteiger partial charge in [-0.15, -0.1) is 11.8 Å². The lowest BCUT2D eigenvalue weighted by molar-refractivity contribution is -0.118. The summed E-state index contributed by atoms with van der Waals surface area (Å²) in [5.74, 6) is -1.06. The Kier molecular flexibility index (Phi) is 7.03. The van der Waals surface area contributed by atoms with Gasteiger partial charge in [0.25, 0.3) is 5.91 Å². The summed E-state index contributed by atoms with van der Waals surface area (Å²) in [5.41, 5.74) is 1.75. The number of Topliss-reactive ketones (excluding diaryl/α,β-unsaturated/α-hetero) is 1. The number of hydrogen-bond donors (Lipinski definition) is 2. The van der Waals surface area contributed by atoms with E-state index in [0.717, 1.165) is 17.3 Å². The SMILES string of the molecule is CC(=O)c1ccc(SCC(=O)NCc2ccc(NC(=O)c3ccco3)cc2)c(F)c1. The quantitative estimate of drug-likeness (QED) is 0.415. The van der Waals surface area contributed by atoms with Gasteiger partial charge in [0.2, 0.25) is 5.91 Å². The maximum absolute atomic E-state index is 14.0. The molecule has 0 fully saturated rings. The summed E-state index contributed by atoms with van der Waals surface area (Å²) in [6, 6.07) is 14.4. The maximum Gasteiger partial charge on any atom is 0.291 e. The Hall–Kier alpha value is -3.39. The van der Waals surface area contributed by atoms with Gasteiger partial charge >= 0.3 is 0 Å². The predicted molar refractivity (Wildman–Crippen MR) is 112 cm³/mol. The molecule has 3 rings (SSSR count). The number of nitrogens with one attached hydrogen (secondary N) is 2. The van der Waals surface area contributed by atoms with E-state index >= 15 is 0 Å². The number of ketones is 1. The first-order chi connectivity index (χ1) is 14.4. The van der Waals surface area contributed by atoms with Crippen molar-refractivity contribution in [3.05, 3.63) is 83.6 Å². The number of thioether (sulfide) groups is 1. The fourth-order valence-electron chi connectivity index (χ4n) is 2.54. The molecule has 0 saturated heterocycles. The van der Waals surface area contributed by atoms with E-state index in [-0.39, 0.29) is 29.1 Å². The van der Waals surface area contributed by atoms with Crippen LogP contribution < -0.4 is 10.6 Å². The number of halogens is 1. The minimum atomic E-state index is -0.521. The number of carbonyl (C=O) groups is 3. The van der Waals surface area contributed by atoms with Gasteiger partial charge in [0.1, 0.15) is 5.82 Å². The third-order valence-corrected chi connectivity index (χ3v) is 5.19. The highest BCUT2D eigenvalue weighted by Crippen LogP contribution is 2.22. The zero-order valence-corrected chi connectivity index (χ0v) is 16.9. The summed E-state index contributed by atoms with van der Waals surface area (Å²) in [6.07, 6.45) is 1.43.